The third-order valence-corrected chi connectivity index (χ3v) is 1.48. The Kier molecular flexibility index (Phi) is 1.18. The average Bonchev–Trinajstić information content (AvgIpc) is 2.08. The van der Waals surface area contributed by atoms with Crippen LogP contribution < -0.4 is 4.74 Å². The highest BCUT2D eigenvalue weighted by Gasteiger charge is 1.96. The second-order valence-electron chi connectivity index (χ2n) is 1.37. The maximum atomic E-state index is 7.49. The van der Waals surface area contributed by atoms with Gasteiger partial charge in [-0.2, -0.15) is 0 Å². The van der Waals surface area contributed by atoms with Crippen LogP contribution in [0.4, 0.5) is 0 Å². The van der Waals surface area contributed by atoms with Gasteiger partial charge in [-0.25, -0.2) is 4.98 Å². The Morgan fingerprint density at radius 1 is 1.60 bits per heavy atom. The van der Waals surface area contributed by atoms with Crippen molar-refractivity contribution in [3.8, 4) is 5.75 Å². The summed E-state index contributed by atoms with van der Waals surface area (Å²) in [5.74, 6) is -0.330. The largest absolute Gasteiger partial charge is 0.497 e. The van der Waals surface area contributed by atoms with Gasteiger partial charge in [0, 0.05) is 12.1 Å². The lowest BCUT2D eigenvalue weighted by Gasteiger charge is -1.99. The molecule has 0 saturated carbocycles. The van der Waals surface area contributed by atoms with E-state index in [9.17, 15) is 0 Å². The molecule has 0 aliphatic carbocycles. The van der Waals surface area contributed by atoms with Crippen LogP contribution >= 0.6 is 31.9 Å². The van der Waals surface area contributed by atoms with E-state index >= 15 is 0 Å². The third kappa shape index (κ3) is 1.95. The van der Waals surface area contributed by atoms with Crippen molar-refractivity contribution in [2.75, 3.05) is 7.04 Å². The van der Waals surface area contributed by atoms with Gasteiger partial charge in [0.15, 0.2) is 0 Å². The molecular weight excluding hydrogens is 262 g/mol. The van der Waals surface area contributed by atoms with Gasteiger partial charge in [-0.15, -0.1) is 0 Å². The first-order valence-electron chi connectivity index (χ1n) is 4.73. The van der Waals surface area contributed by atoms with Crippen LogP contribution in [-0.4, -0.2) is 12.0 Å². The van der Waals surface area contributed by atoms with Gasteiger partial charge in [0.1, 0.15) is 15.0 Å². The van der Waals surface area contributed by atoms with E-state index in [4.69, 9.17) is 6.85 Å². The quantitative estimate of drug-likeness (QED) is 0.733. The molecule has 0 aliphatic heterocycles. The molecule has 0 radical (unpaired) electrons. The summed E-state index contributed by atoms with van der Waals surface area (Å²) in [5, 5.41) is 0. The van der Waals surface area contributed by atoms with Crippen molar-refractivity contribution in [2.24, 2.45) is 0 Å². The normalized spacial score (nSPS) is 18.0. The van der Waals surface area contributed by atoms with Crippen molar-refractivity contribution in [3.63, 3.8) is 0 Å². The molecule has 0 saturated heterocycles. The maximum Gasteiger partial charge on any atom is 0.124 e. The van der Waals surface area contributed by atoms with E-state index in [1.807, 2.05) is 0 Å². The van der Waals surface area contributed by atoms with Gasteiger partial charge in [0.25, 0.3) is 0 Å². The molecule has 4 heteroatoms. The zero-order valence-electron chi connectivity index (χ0n) is 9.61. The average molecular weight is 272 g/mol. The van der Waals surface area contributed by atoms with E-state index in [1.165, 1.54) is 0 Å². The van der Waals surface area contributed by atoms with Crippen molar-refractivity contribution in [1.82, 2.24) is 4.98 Å². The van der Waals surface area contributed by atoms with Crippen LogP contribution in [0, 0.1) is 0 Å². The molecule has 1 aromatic heterocycles. The molecule has 10 heavy (non-hydrogen) atoms. The number of hydrogen-bond acceptors (Lipinski definition) is 2. The van der Waals surface area contributed by atoms with E-state index in [2.05, 4.69) is 41.6 Å². The Bertz CT molecular complexity index is 368. The van der Waals surface area contributed by atoms with Crippen molar-refractivity contribution >= 4 is 31.9 Å². The molecule has 0 aliphatic rings. The summed E-state index contributed by atoms with van der Waals surface area (Å²) in [6.45, 7) is 0. The zero-order chi connectivity index (χ0) is 11.8. The smallest absolute Gasteiger partial charge is 0.124 e. The topological polar surface area (TPSA) is 22.1 Å². The molecule has 54 valence electrons. The van der Waals surface area contributed by atoms with Crippen LogP contribution in [0.2, 0.25) is 0 Å². The second-order valence-corrected chi connectivity index (χ2v) is 2.88. The fourth-order valence-electron chi connectivity index (χ4n) is 0.412. The molecule has 0 spiro atoms. The van der Waals surface area contributed by atoms with Crippen molar-refractivity contribution < 1.29 is 11.6 Å². The van der Waals surface area contributed by atoms with E-state index < -0.39 is 7.04 Å². The fourth-order valence-corrected chi connectivity index (χ4v) is 1.36. The Labute approximate surface area is 82.9 Å². The number of hydrogen-bond donors (Lipinski definition) is 0. The van der Waals surface area contributed by atoms with E-state index in [0.717, 1.165) is 0 Å². The zero-order valence-corrected chi connectivity index (χ0v) is 7.78. The first kappa shape index (κ1) is 3.54. The predicted molar refractivity (Wildman–Crippen MR) is 46.2 cm³/mol. The number of halogens is 2. The van der Waals surface area contributed by atoms with Gasteiger partial charge >= 0.3 is 0 Å². The molecule has 0 unspecified atom stereocenters. The van der Waals surface area contributed by atoms with Crippen LogP contribution in [-0.2, 0) is 0 Å². The standard InChI is InChI=1S/C6H5Br2NO/c1-10-4-2-5(7)9-6(8)3-4/h2-3H,1H3/i1D3,2D,3D. The summed E-state index contributed by atoms with van der Waals surface area (Å²) in [6.07, 6.45) is 0. The van der Waals surface area contributed by atoms with Gasteiger partial charge in [0.2, 0.25) is 0 Å². The van der Waals surface area contributed by atoms with Gasteiger partial charge in [-0.1, -0.05) is 0 Å². The molecule has 0 amide bonds. The molecule has 1 heterocycles. The number of methoxy groups -OCH3 is 1. The highest BCUT2D eigenvalue weighted by molar-refractivity contribution is 9.11. The first-order chi connectivity index (χ1) is 6.72. The lowest BCUT2D eigenvalue weighted by molar-refractivity contribution is 0.413. The van der Waals surface area contributed by atoms with Crippen molar-refractivity contribution in [3.05, 3.63) is 21.3 Å². The van der Waals surface area contributed by atoms with Crippen LogP contribution in [0.25, 0.3) is 0 Å². The van der Waals surface area contributed by atoms with Gasteiger partial charge in [-0.05, 0) is 31.9 Å². The molecule has 2 nitrogen and oxygen atoms in total. The lowest BCUT2D eigenvalue weighted by atomic mass is 10.5. The Morgan fingerprint density at radius 2 is 2.20 bits per heavy atom. The number of pyridine rings is 1. The first-order valence-corrected chi connectivity index (χ1v) is 3.82. The van der Waals surface area contributed by atoms with Crippen molar-refractivity contribution in [2.45, 2.75) is 0 Å². The summed E-state index contributed by atoms with van der Waals surface area (Å²) in [7, 11) is -2.69. The highest BCUT2D eigenvalue weighted by atomic mass is 79.9. The van der Waals surface area contributed by atoms with Crippen LogP contribution in [0.1, 0.15) is 6.85 Å². The Hall–Kier alpha value is -0.0900. The highest BCUT2D eigenvalue weighted by Crippen LogP contribution is 2.20. The Balaban J connectivity index is 3.27. The number of ether oxygens (including phenoxy) is 1. The summed E-state index contributed by atoms with van der Waals surface area (Å²) in [6, 6.07) is -0.529. The molecule has 0 fully saturated rings. The molecule has 1 aromatic rings. The molecular formula is C6H5Br2NO. The van der Waals surface area contributed by atoms with Crippen LogP contribution in [0.5, 0.6) is 5.75 Å². The molecule has 0 bridgehead atoms. The predicted octanol–water partition coefficient (Wildman–Crippen LogP) is 2.62. The minimum atomic E-state index is -2.69. The summed E-state index contributed by atoms with van der Waals surface area (Å²) in [5.41, 5.74) is 0. The summed E-state index contributed by atoms with van der Waals surface area (Å²) >= 11 is 5.93. The Morgan fingerprint density at radius 3 is 2.70 bits per heavy atom. The molecule has 0 aromatic carbocycles. The van der Waals surface area contributed by atoms with Crippen LogP contribution in [0.15, 0.2) is 21.3 Å². The molecule has 1 rings (SSSR count). The monoisotopic (exact) mass is 270 g/mol. The van der Waals surface area contributed by atoms with Gasteiger partial charge < -0.3 is 4.74 Å². The fraction of sp³-hybridized carbons (Fsp3) is 0.167. The summed E-state index contributed by atoms with van der Waals surface area (Å²) in [4.78, 5) is 3.76. The molecule has 0 atom stereocenters. The number of nitrogens with zero attached hydrogens (tertiary/aromatic N) is 1. The number of rotatable bonds is 1. The van der Waals surface area contributed by atoms with E-state index in [-0.39, 0.29) is 27.0 Å². The number of aromatic nitrogens is 1. The van der Waals surface area contributed by atoms with Gasteiger partial charge in [0.05, 0.1) is 13.9 Å². The van der Waals surface area contributed by atoms with Crippen molar-refractivity contribution in [1.29, 1.82) is 0 Å². The lowest BCUT2D eigenvalue weighted by Crippen LogP contribution is -1.84. The minimum Gasteiger partial charge on any atom is -0.497 e. The van der Waals surface area contributed by atoms with E-state index in [1.54, 1.807) is 0 Å². The van der Waals surface area contributed by atoms with Crippen LogP contribution in [0.3, 0.4) is 0 Å². The second kappa shape index (κ2) is 3.34. The maximum absolute atomic E-state index is 7.49. The minimum absolute atomic E-state index is 0.115. The summed E-state index contributed by atoms with van der Waals surface area (Å²) < 4.78 is 40.4. The van der Waals surface area contributed by atoms with Gasteiger partial charge in [-0.3, -0.25) is 0 Å². The van der Waals surface area contributed by atoms with E-state index in [0.29, 0.717) is 0 Å². The molecule has 0 N–H and O–H groups in total. The SMILES string of the molecule is [2H]c1c(Br)nc(Br)c([2H])c1OC([2H])([2H])[2H]. The third-order valence-electron chi connectivity index (χ3n) is 0.732.